The molecule has 1 saturated heterocycles. The number of thiophene rings is 1. The van der Waals surface area contributed by atoms with E-state index in [0.717, 1.165) is 59.3 Å². The second-order valence-electron chi connectivity index (χ2n) is 9.11. The predicted molar refractivity (Wildman–Crippen MR) is 137 cm³/mol. The summed E-state index contributed by atoms with van der Waals surface area (Å²) in [7, 11) is 4.07. The van der Waals surface area contributed by atoms with Gasteiger partial charge in [0.25, 0.3) is 5.91 Å². The predicted octanol–water partition coefficient (Wildman–Crippen LogP) is 4.65. The van der Waals surface area contributed by atoms with Crippen LogP contribution >= 0.6 is 11.3 Å². The fourth-order valence-electron chi connectivity index (χ4n) is 4.48. The topological polar surface area (TPSA) is 54.0 Å². The summed E-state index contributed by atoms with van der Waals surface area (Å²) in [5.74, 6) is 1.71. The van der Waals surface area contributed by atoms with Crippen molar-refractivity contribution in [2.24, 2.45) is 0 Å². The Hall–Kier alpha value is -3.03. The summed E-state index contributed by atoms with van der Waals surface area (Å²) in [6.07, 6.45) is 1.92. The van der Waals surface area contributed by atoms with Crippen LogP contribution in [0.3, 0.4) is 0 Å². The molecular formula is C27H31N3O3S. The van der Waals surface area contributed by atoms with Crippen LogP contribution in [0, 0.1) is 0 Å². The third-order valence-corrected chi connectivity index (χ3v) is 7.57. The molecule has 2 aromatic carbocycles. The molecule has 2 aliphatic heterocycles. The third-order valence-electron chi connectivity index (χ3n) is 6.43. The summed E-state index contributed by atoms with van der Waals surface area (Å²) in [4.78, 5) is 19.3. The average Bonchev–Trinajstić information content (AvgIpc) is 3.36. The van der Waals surface area contributed by atoms with Crippen molar-refractivity contribution in [3.8, 4) is 21.9 Å². The van der Waals surface area contributed by atoms with Gasteiger partial charge in [0.05, 0.1) is 4.88 Å². The summed E-state index contributed by atoms with van der Waals surface area (Å²) in [5.41, 5.74) is 3.54. The van der Waals surface area contributed by atoms with E-state index in [0.29, 0.717) is 13.2 Å². The molecule has 0 bridgehead atoms. The number of nitrogens with zero attached hydrogens (tertiary/aromatic N) is 2. The van der Waals surface area contributed by atoms with Crippen LogP contribution in [0.15, 0.2) is 54.6 Å². The lowest BCUT2D eigenvalue weighted by atomic mass is 10.0. The molecule has 0 saturated carbocycles. The van der Waals surface area contributed by atoms with Crippen LogP contribution in [0.5, 0.6) is 11.5 Å². The first-order valence-electron chi connectivity index (χ1n) is 11.8. The van der Waals surface area contributed by atoms with E-state index in [1.54, 1.807) is 11.3 Å². The molecule has 0 unspecified atom stereocenters. The molecule has 3 heterocycles. The molecular weight excluding hydrogens is 446 g/mol. The number of hydrogen-bond acceptors (Lipinski definition) is 6. The van der Waals surface area contributed by atoms with Gasteiger partial charge < -0.3 is 19.7 Å². The number of hydrogen-bond donors (Lipinski definition) is 1. The lowest BCUT2D eigenvalue weighted by molar-refractivity contribution is 0.0913. The molecule has 0 radical (unpaired) electrons. The summed E-state index contributed by atoms with van der Waals surface area (Å²) < 4.78 is 11.3. The van der Waals surface area contributed by atoms with Gasteiger partial charge >= 0.3 is 0 Å². The minimum absolute atomic E-state index is 0.0337. The maximum atomic E-state index is 12.9. The van der Waals surface area contributed by atoms with E-state index in [2.05, 4.69) is 51.5 Å². The highest BCUT2D eigenvalue weighted by molar-refractivity contribution is 7.17. The Morgan fingerprint density at radius 2 is 1.74 bits per heavy atom. The quantitative estimate of drug-likeness (QED) is 0.560. The van der Waals surface area contributed by atoms with E-state index in [-0.39, 0.29) is 11.9 Å². The minimum Gasteiger partial charge on any atom is -0.486 e. The standard InChI is InChI=1S/C27H31N3O3S/c1-29(2)22-6-4-20(5-7-22)25-9-10-26(34-25)27(31)28-21-11-13-30(14-12-21)18-19-3-8-23-24(17-19)33-16-15-32-23/h3-10,17,21H,11-16,18H2,1-2H3,(H,28,31). The summed E-state index contributed by atoms with van der Waals surface area (Å²) >= 11 is 1.55. The smallest absolute Gasteiger partial charge is 0.261 e. The fourth-order valence-corrected chi connectivity index (χ4v) is 5.39. The number of carbonyl (C=O) groups excluding carboxylic acids is 1. The molecule has 1 aromatic heterocycles. The van der Waals surface area contributed by atoms with Crippen LogP contribution in [-0.2, 0) is 6.54 Å². The van der Waals surface area contributed by atoms with Crippen molar-refractivity contribution in [2.45, 2.75) is 25.4 Å². The van der Waals surface area contributed by atoms with Crippen molar-refractivity contribution in [1.29, 1.82) is 0 Å². The van der Waals surface area contributed by atoms with Gasteiger partial charge in [-0.25, -0.2) is 0 Å². The first-order valence-corrected chi connectivity index (χ1v) is 12.7. The van der Waals surface area contributed by atoms with E-state index in [1.807, 2.05) is 32.3 Å². The lowest BCUT2D eigenvalue weighted by Gasteiger charge is -2.32. The molecule has 178 valence electrons. The lowest BCUT2D eigenvalue weighted by Crippen LogP contribution is -2.44. The molecule has 6 nitrogen and oxygen atoms in total. The molecule has 0 aliphatic carbocycles. The van der Waals surface area contributed by atoms with Crippen molar-refractivity contribution in [3.63, 3.8) is 0 Å². The highest BCUT2D eigenvalue weighted by Gasteiger charge is 2.22. The molecule has 1 fully saturated rings. The van der Waals surface area contributed by atoms with Gasteiger partial charge in [-0.15, -0.1) is 11.3 Å². The number of carbonyl (C=O) groups is 1. The first kappa shape index (κ1) is 22.7. The Morgan fingerprint density at radius 1 is 1.00 bits per heavy atom. The second kappa shape index (κ2) is 10.1. The van der Waals surface area contributed by atoms with E-state index in [4.69, 9.17) is 9.47 Å². The summed E-state index contributed by atoms with van der Waals surface area (Å²) in [5, 5.41) is 3.25. The molecule has 0 atom stereocenters. The molecule has 0 spiro atoms. The highest BCUT2D eigenvalue weighted by Crippen LogP contribution is 2.32. The van der Waals surface area contributed by atoms with Gasteiger partial charge in [0.1, 0.15) is 13.2 Å². The maximum absolute atomic E-state index is 12.9. The largest absolute Gasteiger partial charge is 0.486 e. The Morgan fingerprint density at radius 3 is 2.47 bits per heavy atom. The monoisotopic (exact) mass is 477 g/mol. The molecule has 5 rings (SSSR count). The number of likely N-dealkylation sites (tertiary alicyclic amines) is 1. The molecule has 2 aliphatic rings. The highest BCUT2D eigenvalue weighted by atomic mass is 32.1. The number of piperidine rings is 1. The summed E-state index contributed by atoms with van der Waals surface area (Å²) in [6.45, 7) is 4.04. The van der Waals surface area contributed by atoms with Crippen LogP contribution in [-0.4, -0.2) is 57.2 Å². The minimum atomic E-state index is 0.0337. The molecule has 3 aromatic rings. The second-order valence-corrected chi connectivity index (χ2v) is 10.2. The van der Waals surface area contributed by atoms with E-state index in [1.165, 1.54) is 11.3 Å². The molecule has 7 heteroatoms. The zero-order valence-electron chi connectivity index (χ0n) is 19.8. The fraction of sp³-hybridized carbons (Fsp3) is 0.370. The van der Waals surface area contributed by atoms with Gasteiger partial charge in [-0.1, -0.05) is 18.2 Å². The SMILES string of the molecule is CN(C)c1ccc(-c2ccc(C(=O)NC3CCN(Cc4ccc5c(c4)OCCO5)CC3)s2)cc1. The Balaban J connectivity index is 1.12. The van der Waals surface area contributed by atoms with Crippen LogP contribution in [0.2, 0.25) is 0 Å². The van der Waals surface area contributed by atoms with Crippen molar-refractivity contribution in [1.82, 2.24) is 10.2 Å². The number of nitrogens with one attached hydrogen (secondary N) is 1. The van der Waals surface area contributed by atoms with Crippen molar-refractivity contribution in [2.75, 3.05) is 45.3 Å². The van der Waals surface area contributed by atoms with Crippen LogP contribution in [0.4, 0.5) is 5.69 Å². The zero-order valence-corrected chi connectivity index (χ0v) is 20.6. The molecule has 1 N–H and O–H groups in total. The number of fused-ring (bicyclic) bond motifs is 1. The number of benzene rings is 2. The Labute approximate surface area is 205 Å². The van der Waals surface area contributed by atoms with Gasteiger partial charge in [0, 0.05) is 50.3 Å². The van der Waals surface area contributed by atoms with Crippen molar-refractivity contribution in [3.05, 3.63) is 65.0 Å². The zero-order chi connectivity index (χ0) is 23.5. The molecule has 34 heavy (non-hydrogen) atoms. The number of amides is 1. The van der Waals surface area contributed by atoms with Gasteiger partial charge in [0.2, 0.25) is 0 Å². The van der Waals surface area contributed by atoms with E-state index >= 15 is 0 Å². The van der Waals surface area contributed by atoms with Gasteiger partial charge in [-0.3, -0.25) is 9.69 Å². The summed E-state index contributed by atoms with van der Waals surface area (Å²) in [6, 6.07) is 18.8. The third kappa shape index (κ3) is 5.21. The molecule has 1 amide bonds. The first-order chi connectivity index (χ1) is 16.5. The van der Waals surface area contributed by atoms with Gasteiger partial charge in [-0.2, -0.15) is 0 Å². The van der Waals surface area contributed by atoms with Crippen LogP contribution in [0.25, 0.3) is 10.4 Å². The van der Waals surface area contributed by atoms with Gasteiger partial charge in [0.15, 0.2) is 11.5 Å². The number of anilines is 1. The van der Waals surface area contributed by atoms with Crippen molar-refractivity contribution < 1.29 is 14.3 Å². The van der Waals surface area contributed by atoms with Crippen LogP contribution in [0.1, 0.15) is 28.1 Å². The van der Waals surface area contributed by atoms with Gasteiger partial charge in [-0.05, 0) is 60.4 Å². The normalized spacial score (nSPS) is 16.3. The van der Waals surface area contributed by atoms with E-state index < -0.39 is 0 Å². The Bertz CT molecular complexity index is 1130. The van der Waals surface area contributed by atoms with Crippen molar-refractivity contribution >= 4 is 22.9 Å². The average molecular weight is 478 g/mol. The number of ether oxygens (including phenoxy) is 2. The van der Waals surface area contributed by atoms with Crippen LogP contribution < -0.4 is 19.7 Å². The Kier molecular flexibility index (Phi) is 6.74. The number of rotatable bonds is 6. The maximum Gasteiger partial charge on any atom is 0.261 e. The van der Waals surface area contributed by atoms with E-state index in [9.17, 15) is 4.79 Å².